The second-order valence-corrected chi connectivity index (χ2v) is 8.19. The lowest BCUT2D eigenvalue weighted by Crippen LogP contribution is -2.32. The summed E-state index contributed by atoms with van der Waals surface area (Å²) in [5.74, 6) is -0.321. The summed E-state index contributed by atoms with van der Waals surface area (Å²) in [5.41, 5.74) is 2.15. The van der Waals surface area contributed by atoms with Crippen LogP contribution in [0.3, 0.4) is 0 Å². The van der Waals surface area contributed by atoms with E-state index in [0.29, 0.717) is 12.2 Å². The minimum atomic E-state index is -3.83. The van der Waals surface area contributed by atoms with Crippen molar-refractivity contribution in [3.63, 3.8) is 0 Å². The van der Waals surface area contributed by atoms with Crippen molar-refractivity contribution in [3.8, 4) is 0 Å². The van der Waals surface area contributed by atoms with Gasteiger partial charge in [-0.05, 0) is 43.3 Å². The summed E-state index contributed by atoms with van der Waals surface area (Å²) in [5, 5.41) is 0. The van der Waals surface area contributed by atoms with E-state index in [4.69, 9.17) is 0 Å². The molecule has 0 heterocycles. The Hall–Kier alpha value is -3.38. The molecule has 5 nitrogen and oxygen atoms in total. The fraction of sp³-hybridized carbons (Fsp3) is 0.0870. The summed E-state index contributed by atoms with van der Waals surface area (Å²) in [4.78, 5) is 14.9. The molecular formula is C23H22N2O3S. The number of carbonyl (C=O) groups is 1. The van der Waals surface area contributed by atoms with Gasteiger partial charge in [-0.1, -0.05) is 54.1 Å². The van der Waals surface area contributed by atoms with Crippen LogP contribution in [0.25, 0.3) is 0 Å². The first-order chi connectivity index (χ1) is 13.9. The van der Waals surface area contributed by atoms with Gasteiger partial charge >= 0.3 is 0 Å². The van der Waals surface area contributed by atoms with Crippen LogP contribution < -0.4 is 9.62 Å². The van der Waals surface area contributed by atoms with E-state index in [-0.39, 0.29) is 22.1 Å². The van der Waals surface area contributed by atoms with Crippen molar-refractivity contribution in [2.24, 2.45) is 0 Å². The average molecular weight is 407 g/mol. The summed E-state index contributed by atoms with van der Waals surface area (Å²) < 4.78 is 28.2. The number of para-hydroxylation sites is 2. The zero-order valence-corrected chi connectivity index (χ0v) is 16.9. The lowest BCUT2D eigenvalue weighted by Gasteiger charge is -2.23. The number of hydrogen-bond acceptors (Lipinski definition) is 3. The zero-order chi connectivity index (χ0) is 20.9. The highest BCUT2D eigenvalue weighted by molar-refractivity contribution is 7.92. The van der Waals surface area contributed by atoms with E-state index in [1.807, 2.05) is 37.3 Å². The predicted molar refractivity (Wildman–Crippen MR) is 117 cm³/mol. The number of aryl methyl sites for hydroxylation is 1. The number of carbonyl (C=O) groups excluding carboxylic acids is 1. The van der Waals surface area contributed by atoms with Crippen molar-refractivity contribution >= 4 is 27.3 Å². The molecule has 0 aliphatic heterocycles. The third kappa shape index (κ3) is 4.73. The molecule has 0 radical (unpaired) electrons. The molecule has 0 aliphatic carbocycles. The number of nitrogens with one attached hydrogen (secondary N) is 1. The standard InChI is InChI=1S/C23H22N2O3S/c1-3-17-25(19-9-5-4-6-10-19)23(26)21-11-7-8-12-22(21)24-29(27,28)20-15-13-18(2)14-16-20/h3-16,24H,1,17H2,2H3. The molecule has 0 spiro atoms. The van der Waals surface area contributed by atoms with Crippen LogP contribution in [0.15, 0.2) is 96.4 Å². The van der Waals surface area contributed by atoms with E-state index in [0.717, 1.165) is 5.56 Å². The lowest BCUT2D eigenvalue weighted by atomic mass is 10.1. The molecule has 0 aromatic heterocycles. The number of benzene rings is 3. The van der Waals surface area contributed by atoms with Crippen molar-refractivity contribution in [3.05, 3.63) is 103 Å². The molecule has 0 aliphatic rings. The molecule has 3 aromatic rings. The normalized spacial score (nSPS) is 10.9. The maximum atomic E-state index is 13.3. The van der Waals surface area contributed by atoms with Crippen molar-refractivity contribution in [2.75, 3.05) is 16.2 Å². The number of sulfonamides is 1. The molecule has 148 valence electrons. The van der Waals surface area contributed by atoms with Crippen LogP contribution in [-0.2, 0) is 10.0 Å². The highest BCUT2D eigenvalue weighted by Gasteiger charge is 2.22. The Labute approximate surface area is 171 Å². The predicted octanol–water partition coefficient (Wildman–Crippen LogP) is 4.63. The summed E-state index contributed by atoms with van der Waals surface area (Å²) in [6.45, 7) is 5.90. The van der Waals surface area contributed by atoms with Crippen LogP contribution in [0.5, 0.6) is 0 Å². The van der Waals surface area contributed by atoms with Gasteiger partial charge in [0.2, 0.25) is 0 Å². The number of nitrogens with zero attached hydrogens (tertiary/aromatic N) is 1. The minimum absolute atomic E-state index is 0.136. The number of hydrogen-bond donors (Lipinski definition) is 1. The first kappa shape index (κ1) is 20.4. The van der Waals surface area contributed by atoms with Gasteiger partial charge in [0, 0.05) is 12.2 Å². The van der Waals surface area contributed by atoms with E-state index < -0.39 is 10.0 Å². The number of anilines is 2. The third-order valence-electron chi connectivity index (χ3n) is 4.36. The van der Waals surface area contributed by atoms with Crippen molar-refractivity contribution in [1.29, 1.82) is 0 Å². The van der Waals surface area contributed by atoms with E-state index in [1.165, 1.54) is 12.1 Å². The molecule has 0 saturated carbocycles. The SMILES string of the molecule is C=CCN(C(=O)c1ccccc1NS(=O)(=O)c1ccc(C)cc1)c1ccccc1. The van der Waals surface area contributed by atoms with Gasteiger partial charge in [0.15, 0.2) is 0 Å². The Morgan fingerprint density at radius 3 is 2.24 bits per heavy atom. The summed E-state index contributed by atoms with van der Waals surface area (Å²) in [6, 6.07) is 22.3. The number of amides is 1. The zero-order valence-electron chi connectivity index (χ0n) is 16.1. The third-order valence-corrected chi connectivity index (χ3v) is 5.74. The van der Waals surface area contributed by atoms with Gasteiger partial charge in [-0.3, -0.25) is 9.52 Å². The molecule has 0 unspecified atom stereocenters. The van der Waals surface area contributed by atoms with E-state index in [9.17, 15) is 13.2 Å². The van der Waals surface area contributed by atoms with Crippen molar-refractivity contribution in [2.45, 2.75) is 11.8 Å². The maximum Gasteiger partial charge on any atom is 0.261 e. The minimum Gasteiger partial charge on any atom is -0.305 e. The molecule has 0 saturated heterocycles. The van der Waals surface area contributed by atoms with E-state index in [2.05, 4.69) is 11.3 Å². The van der Waals surface area contributed by atoms with E-state index in [1.54, 1.807) is 47.4 Å². The molecule has 6 heteroatoms. The van der Waals surface area contributed by atoms with Gasteiger partial charge in [0.25, 0.3) is 15.9 Å². The molecule has 0 atom stereocenters. The van der Waals surface area contributed by atoms with Gasteiger partial charge in [-0.15, -0.1) is 6.58 Å². The molecule has 3 aromatic carbocycles. The fourth-order valence-corrected chi connectivity index (χ4v) is 3.95. The van der Waals surface area contributed by atoms with Crippen LogP contribution in [0.2, 0.25) is 0 Å². The van der Waals surface area contributed by atoms with Crippen LogP contribution >= 0.6 is 0 Å². The van der Waals surface area contributed by atoms with Crippen LogP contribution in [-0.4, -0.2) is 20.9 Å². The summed E-state index contributed by atoms with van der Waals surface area (Å²) in [7, 11) is -3.83. The van der Waals surface area contributed by atoms with Crippen LogP contribution in [0.4, 0.5) is 11.4 Å². The molecule has 1 N–H and O–H groups in total. The largest absolute Gasteiger partial charge is 0.305 e. The fourth-order valence-electron chi connectivity index (χ4n) is 2.87. The Morgan fingerprint density at radius 1 is 0.966 bits per heavy atom. The van der Waals surface area contributed by atoms with Crippen molar-refractivity contribution < 1.29 is 13.2 Å². The van der Waals surface area contributed by atoms with Gasteiger partial charge < -0.3 is 4.90 Å². The Balaban J connectivity index is 1.96. The Bertz CT molecular complexity index is 1110. The molecule has 1 amide bonds. The summed E-state index contributed by atoms with van der Waals surface area (Å²) >= 11 is 0. The highest BCUT2D eigenvalue weighted by atomic mass is 32.2. The van der Waals surface area contributed by atoms with Crippen molar-refractivity contribution in [1.82, 2.24) is 0 Å². The highest BCUT2D eigenvalue weighted by Crippen LogP contribution is 2.24. The lowest BCUT2D eigenvalue weighted by molar-refractivity contribution is 0.0990. The van der Waals surface area contributed by atoms with Gasteiger partial charge in [0.1, 0.15) is 0 Å². The van der Waals surface area contributed by atoms with Crippen LogP contribution in [0, 0.1) is 6.92 Å². The smallest absolute Gasteiger partial charge is 0.261 e. The second-order valence-electron chi connectivity index (χ2n) is 6.50. The molecule has 0 fully saturated rings. The van der Waals surface area contributed by atoms with Gasteiger partial charge in [-0.2, -0.15) is 0 Å². The molecule has 29 heavy (non-hydrogen) atoms. The Morgan fingerprint density at radius 2 is 1.59 bits per heavy atom. The number of rotatable bonds is 7. The van der Waals surface area contributed by atoms with Gasteiger partial charge in [0.05, 0.1) is 16.1 Å². The van der Waals surface area contributed by atoms with Gasteiger partial charge in [-0.25, -0.2) is 8.42 Å². The molecule has 0 bridgehead atoms. The topological polar surface area (TPSA) is 66.5 Å². The molecular weight excluding hydrogens is 384 g/mol. The first-order valence-electron chi connectivity index (χ1n) is 9.09. The monoisotopic (exact) mass is 406 g/mol. The van der Waals surface area contributed by atoms with E-state index >= 15 is 0 Å². The molecule has 3 rings (SSSR count). The quantitative estimate of drug-likeness (QED) is 0.582. The van der Waals surface area contributed by atoms with Crippen LogP contribution in [0.1, 0.15) is 15.9 Å². The first-order valence-corrected chi connectivity index (χ1v) is 10.6. The maximum absolute atomic E-state index is 13.3. The Kier molecular flexibility index (Phi) is 6.14. The summed E-state index contributed by atoms with van der Waals surface area (Å²) in [6.07, 6.45) is 1.63. The second kappa shape index (κ2) is 8.75. The average Bonchev–Trinajstić information content (AvgIpc) is 2.72.